The van der Waals surface area contributed by atoms with E-state index in [0.717, 1.165) is 0 Å². The van der Waals surface area contributed by atoms with Gasteiger partial charge in [0.2, 0.25) is 0 Å². The molecule has 21 heavy (non-hydrogen) atoms. The molecule has 2 aromatic carbocycles. The molecule has 2 rings (SSSR count). The van der Waals surface area contributed by atoms with E-state index in [4.69, 9.17) is 0 Å². The van der Waals surface area contributed by atoms with E-state index in [1.54, 1.807) is 19.1 Å². The van der Waals surface area contributed by atoms with E-state index < -0.39 is 4.92 Å². The summed E-state index contributed by atoms with van der Waals surface area (Å²) in [7, 11) is 0. The lowest BCUT2D eigenvalue weighted by Crippen LogP contribution is -2.02. The van der Waals surface area contributed by atoms with Gasteiger partial charge in [0.05, 0.1) is 10.6 Å². The Balaban J connectivity index is 2.23. The number of hydrogen-bond donors (Lipinski definition) is 3. The molecule has 0 saturated carbocycles. The molecule has 0 heterocycles. The van der Waals surface area contributed by atoms with Crippen molar-refractivity contribution in [1.82, 2.24) is 0 Å². The molecule has 6 nitrogen and oxygen atoms in total. The highest BCUT2D eigenvalue weighted by Gasteiger charge is 2.14. The summed E-state index contributed by atoms with van der Waals surface area (Å²) < 4.78 is 0.698. The highest BCUT2D eigenvalue weighted by atomic mass is 79.9. The fourth-order valence-electron chi connectivity index (χ4n) is 1.89. The molecule has 3 N–H and O–H groups in total. The third kappa shape index (κ3) is 3.43. The van der Waals surface area contributed by atoms with Crippen LogP contribution in [0, 0.1) is 17.0 Å². The molecule has 0 spiro atoms. The van der Waals surface area contributed by atoms with E-state index >= 15 is 0 Å². The summed E-state index contributed by atoms with van der Waals surface area (Å²) in [6.07, 6.45) is 0. The Morgan fingerprint density at radius 1 is 1.29 bits per heavy atom. The van der Waals surface area contributed by atoms with Crippen LogP contribution in [-0.4, -0.2) is 15.1 Å². The van der Waals surface area contributed by atoms with Crippen LogP contribution in [0.15, 0.2) is 34.8 Å². The molecule has 0 bridgehead atoms. The van der Waals surface area contributed by atoms with Crippen LogP contribution in [0.3, 0.4) is 0 Å². The van der Waals surface area contributed by atoms with Gasteiger partial charge < -0.3 is 15.5 Å². The second-order valence-corrected chi connectivity index (χ2v) is 5.40. The molecule has 0 unspecified atom stereocenters. The molecule has 110 valence electrons. The van der Waals surface area contributed by atoms with Crippen LogP contribution in [0.1, 0.15) is 11.1 Å². The fourth-order valence-corrected chi connectivity index (χ4v) is 2.48. The Morgan fingerprint density at radius 2 is 2.00 bits per heavy atom. The van der Waals surface area contributed by atoms with Crippen molar-refractivity contribution < 1.29 is 15.1 Å². The minimum absolute atomic E-state index is 0.0237. The standard InChI is InChI=1S/C14H13BrN2O4/c1-8-4-11(15)12(6-13(8)17(20)21)16-7-9-2-3-10(18)5-14(9)19/h2-6,16,18-19H,7H2,1H3. The number of phenols is 2. The second-order valence-electron chi connectivity index (χ2n) is 4.54. The van der Waals surface area contributed by atoms with Crippen molar-refractivity contribution in [2.24, 2.45) is 0 Å². The van der Waals surface area contributed by atoms with Crippen LogP contribution in [-0.2, 0) is 6.54 Å². The predicted molar refractivity (Wildman–Crippen MR) is 82.6 cm³/mol. The molecule has 0 amide bonds. The number of rotatable bonds is 4. The van der Waals surface area contributed by atoms with Crippen molar-refractivity contribution >= 4 is 27.3 Å². The van der Waals surface area contributed by atoms with E-state index in [1.807, 2.05) is 0 Å². The van der Waals surface area contributed by atoms with Gasteiger partial charge >= 0.3 is 0 Å². The number of benzene rings is 2. The maximum absolute atomic E-state index is 10.9. The van der Waals surface area contributed by atoms with Gasteiger partial charge in [0, 0.05) is 34.3 Å². The zero-order chi connectivity index (χ0) is 15.6. The Labute approximate surface area is 129 Å². The van der Waals surface area contributed by atoms with E-state index in [1.165, 1.54) is 18.2 Å². The van der Waals surface area contributed by atoms with Gasteiger partial charge in [-0.05, 0) is 41.1 Å². The van der Waals surface area contributed by atoms with E-state index in [0.29, 0.717) is 21.3 Å². The molecule has 7 heteroatoms. The number of nitro groups is 1. The van der Waals surface area contributed by atoms with E-state index in [-0.39, 0.29) is 23.7 Å². The van der Waals surface area contributed by atoms with Crippen molar-refractivity contribution in [1.29, 1.82) is 0 Å². The first-order valence-electron chi connectivity index (χ1n) is 6.07. The zero-order valence-corrected chi connectivity index (χ0v) is 12.7. The number of halogens is 1. The lowest BCUT2D eigenvalue weighted by Gasteiger charge is -2.11. The van der Waals surface area contributed by atoms with Crippen LogP contribution in [0.25, 0.3) is 0 Å². The Morgan fingerprint density at radius 3 is 2.62 bits per heavy atom. The molecule has 0 radical (unpaired) electrons. The molecule has 2 aromatic rings. The minimum Gasteiger partial charge on any atom is -0.508 e. The van der Waals surface area contributed by atoms with Crippen LogP contribution in [0.5, 0.6) is 11.5 Å². The summed E-state index contributed by atoms with van der Waals surface area (Å²) >= 11 is 3.35. The van der Waals surface area contributed by atoms with E-state index in [9.17, 15) is 20.3 Å². The maximum Gasteiger partial charge on any atom is 0.274 e. The molecular formula is C14H13BrN2O4. The first-order chi connectivity index (χ1) is 9.88. The summed E-state index contributed by atoms with van der Waals surface area (Å²) in [4.78, 5) is 10.5. The Bertz CT molecular complexity index is 704. The van der Waals surface area contributed by atoms with Gasteiger partial charge in [0.25, 0.3) is 5.69 Å². The third-order valence-corrected chi connectivity index (χ3v) is 3.68. The summed E-state index contributed by atoms with van der Waals surface area (Å²) in [5.41, 5.74) is 1.71. The van der Waals surface area contributed by atoms with E-state index in [2.05, 4.69) is 21.2 Å². The van der Waals surface area contributed by atoms with Crippen LogP contribution >= 0.6 is 15.9 Å². The molecule has 0 aromatic heterocycles. The van der Waals surface area contributed by atoms with Gasteiger partial charge in [-0.25, -0.2) is 0 Å². The van der Waals surface area contributed by atoms with Crippen molar-refractivity contribution in [3.05, 3.63) is 56.0 Å². The summed E-state index contributed by atoms with van der Waals surface area (Å²) in [6, 6.07) is 7.38. The van der Waals surface area contributed by atoms with Crippen LogP contribution in [0.2, 0.25) is 0 Å². The number of phenolic OH excluding ortho intramolecular Hbond substituents is 2. The molecule has 0 aliphatic carbocycles. The monoisotopic (exact) mass is 352 g/mol. The predicted octanol–water partition coefficient (Wildman–Crippen LogP) is 3.69. The number of aromatic hydroxyl groups is 2. The van der Waals surface area contributed by atoms with Crippen molar-refractivity contribution in [2.45, 2.75) is 13.5 Å². The summed E-state index contributed by atoms with van der Waals surface area (Å²) in [5.74, 6) is -0.0661. The zero-order valence-electron chi connectivity index (χ0n) is 11.1. The minimum atomic E-state index is -0.440. The maximum atomic E-state index is 10.9. The number of nitrogens with one attached hydrogen (secondary N) is 1. The lowest BCUT2D eigenvalue weighted by molar-refractivity contribution is -0.385. The summed E-state index contributed by atoms with van der Waals surface area (Å²) in [6.45, 7) is 1.93. The highest BCUT2D eigenvalue weighted by molar-refractivity contribution is 9.10. The van der Waals surface area contributed by atoms with Gasteiger partial charge in [0.1, 0.15) is 11.5 Å². The largest absolute Gasteiger partial charge is 0.508 e. The van der Waals surface area contributed by atoms with Gasteiger partial charge in [-0.15, -0.1) is 0 Å². The van der Waals surface area contributed by atoms with Gasteiger partial charge in [-0.1, -0.05) is 0 Å². The number of hydrogen-bond acceptors (Lipinski definition) is 5. The van der Waals surface area contributed by atoms with Crippen LogP contribution in [0.4, 0.5) is 11.4 Å². The molecule has 0 saturated heterocycles. The van der Waals surface area contributed by atoms with Crippen molar-refractivity contribution in [3.63, 3.8) is 0 Å². The normalized spacial score (nSPS) is 10.4. The number of anilines is 1. The first-order valence-corrected chi connectivity index (χ1v) is 6.87. The van der Waals surface area contributed by atoms with Gasteiger partial charge in [-0.3, -0.25) is 10.1 Å². The quantitative estimate of drug-likeness (QED) is 0.576. The molecule has 0 atom stereocenters. The first kappa shape index (κ1) is 15.1. The highest BCUT2D eigenvalue weighted by Crippen LogP contribution is 2.31. The molecular weight excluding hydrogens is 340 g/mol. The van der Waals surface area contributed by atoms with Crippen LogP contribution < -0.4 is 5.32 Å². The van der Waals surface area contributed by atoms with Crippen molar-refractivity contribution in [3.8, 4) is 11.5 Å². The molecule has 0 fully saturated rings. The molecule has 0 aliphatic heterocycles. The Kier molecular flexibility index (Phi) is 4.32. The average molecular weight is 353 g/mol. The smallest absolute Gasteiger partial charge is 0.274 e. The number of nitro benzene ring substituents is 1. The molecule has 0 aliphatic rings. The summed E-state index contributed by atoms with van der Waals surface area (Å²) in [5, 5.41) is 32.9. The third-order valence-electron chi connectivity index (χ3n) is 3.02. The topological polar surface area (TPSA) is 95.6 Å². The fraction of sp³-hybridized carbons (Fsp3) is 0.143. The Hall–Kier alpha value is -2.28. The number of aryl methyl sites for hydroxylation is 1. The average Bonchev–Trinajstić information content (AvgIpc) is 2.39. The van der Waals surface area contributed by atoms with Gasteiger partial charge in [-0.2, -0.15) is 0 Å². The van der Waals surface area contributed by atoms with Gasteiger partial charge in [0.15, 0.2) is 0 Å². The SMILES string of the molecule is Cc1cc(Br)c(NCc2ccc(O)cc2O)cc1[N+](=O)[O-]. The lowest BCUT2D eigenvalue weighted by atomic mass is 10.1. The van der Waals surface area contributed by atoms with Crippen molar-refractivity contribution in [2.75, 3.05) is 5.32 Å². The second kappa shape index (κ2) is 6.01. The number of nitrogens with zero attached hydrogens (tertiary/aromatic N) is 1.